The molecule has 1 saturated heterocycles. The van der Waals surface area contributed by atoms with Crippen LogP contribution >= 0.6 is 11.6 Å². The Kier molecular flexibility index (Phi) is 5.42. The van der Waals surface area contributed by atoms with E-state index >= 15 is 0 Å². The molecule has 0 amide bonds. The minimum atomic E-state index is -0.326. The zero-order valence-corrected chi connectivity index (χ0v) is 13.3. The maximum absolute atomic E-state index is 13.6. The molecular weight excluding hydrogens is 275 g/mol. The molecule has 2 nitrogen and oxygen atoms in total. The fourth-order valence-electron chi connectivity index (χ4n) is 2.80. The van der Waals surface area contributed by atoms with Crippen LogP contribution in [0.3, 0.4) is 0 Å². The minimum Gasteiger partial charge on any atom is -0.311 e. The Hall–Kier alpha value is -0.640. The van der Waals surface area contributed by atoms with E-state index in [0.29, 0.717) is 18.0 Å². The number of halogens is 2. The second kappa shape index (κ2) is 6.88. The van der Waals surface area contributed by atoms with Gasteiger partial charge < -0.3 is 5.32 Å². The summed E-state index contributed by atoms with van der Waals surface area (Å²) < 4.78 is 13.6. The summed E-state index contributed by atoms with van der Waals surface area (Å²) in [5.74, 6) is 0.282. The van der Waals surface area contributed by atoms with E-state index in [4.69, 9.17) is 11.6 Å². The van der Waals surface area contributed by atoms with Gasteiger partial charge in [-0.2, -0.15) is 0 Å². The van der Waals surface area contributed by atoms with Crippen LogP contribution in [0.25, 0.3) is 0 Å². The number of hydrogen-bond donors (Lipinski definition) is 1. The summed E-state index contributed by atoms with van der Waals surface area (Å²) in [5, 5.41) is 3.81. The van der Waals surface area contributed by atoms with Crippen LogP contribution in [0.5, 0.6) is 0 Å². The first-order valence-corrected chi connectivity index (χ1v) is 7.80. The third kappa shape index (κ3) is 3.72. The average Bonchev–Trinajstić information content (AvgIpc) is 2.42. The molecule has 1 aliphatic heterocycles. The molecule has 1 N–H and O–H groups in total. The first-order chi connectivity index (χ1) is 9.51. The zero-order chi connectivity index (χ0) is 14.7. The van der Waals surface area contributed by atoms with E-state index in [0.717, 1.165) is 31.6 Å². The highest BCUT2D eigenvalue weighted by Crippen LogP contribution is 2.21. The number of hydrogen-bond acceptors (Lipinski definition) is 2. The molecular formula is C16H24ClFN2. The van der Waals surface area contributed by atoms with E-state index in [1.54, 1.807) is 12.1 Å². The lowest BCUT2D eigenvalue weighted by molar-refractivity contribution is 0.103. The van der Waals surface area contributed by atoms with Crippen LogP contribution in [0.2, 0.25) is 5.02 Å². The molecule has 2 rings (SSSR count). The number of nitrogens with zero attached hydrogens (tertiary/aromatic N) is 1. The van der Waals surface area contributed by atoms with Crippen molar-refractivity contribution in [3.63, 3.8) is 0 Å². The monoisotopic (exact) mass is 298 g/mol. The molecule has 1 fully saturated rings. The van der Waals surface area contributed by atoms with Crippen LogP contribution in [-0.4, -0.2) is 30.1 Å². The highest BCUT2D eigenvalue weighted by Gasteiger charge is 2.28. The summed E-state index contributed by atoms with van der Waals surface area (Å²) in [6.45, 7) is 9.50. The molecule has 0 spiro atoms. The summed E-state index contributed by atoms with van der Waals surface area (Å²) in [7, 11) is 0. The van der Waals surface area contributed by atoms with Crippen LogP contribution < -0.4 is 5.32 Å². The van der Waals surface area contributed by atoms with Crippen molar-refractivity contribution in [3.05, 3.63) is 34.6 Å². The number of nitrogens with one attached hydrogen (secondary N) is 1. The highest BCUT2D eigenvalue weighted by atomic mass is 35.5. The van der Waals surface area contributed by atoms with Crippen molar-refractivity contribution in [1.29, 1.82) is 0 Å². The third-order valence-corrected chi connectivity index (χ3v) is 4.52. The van der Waals surface area contributed by atoms with Gasteiger partial charge in [0.2, 0.25) is 0 Å². The minimum absolute atomic E-state index is 0.196. The van der Waals surface area contributed by atoms with Gasteiger partial charge in [-0.05, 0) is 30.0 Å². The van der Waals surface area contributed by atoms with Gasteiger partial charge in [0, 0.05) is 31.7 Å². The molecule has 1 heterocycles. The standard InChI is InChI=1S/C16H24ClFN2/c1-4-13-8-19-16(11(2)3)10-20(13)9-12-5-6-14(17)15(18)7-12/h5-7,11,13,16,19H,4,8-10H2,1-3H3. The second-order valence-corrected chi connectivity index (χ2v) is 6.41. The van der Waals surface area contributed by atoms with E-state index in [2.05, 4.69) is 31.0 Å². The second-order valence-electron chi connectivity index (χ2n) is 6.00. The van der Waals surface area contributed by atoms with Crippen LogP contribution in [0.1, 0.15) is 32.8 Å². The predicted octanol–water partition coefficient (Wildman–Crippen LogP) is 3.69. The topological polar surface area (TPSA) is 15.3 Å². The van der Waals surface area contributed by atoms with Crippen molar-refractivity contribution >= 4 is 11.6 Å². The summed E-state index contributed by atoms with van der Waals surface area (Å²) in [6, 6.07) is 6.15. The lowest BCUT2D eigenvalue weighted by atomic mass is 9.98. The van der Waals surface area contributed by atoms with Gasteiger partial charge in [-0.3, -0.25) is 4.90 Å². The van der Waals surface area contributed by atoms with E-state index < -0.39 is 0 Å². The van der Waals surface area contributed by atoms with Crippen molar-refractivity contribution in [2.75, 3.05) is 13.1 Å². The Bertz CT molecular complexity index is 450. The Morgan fingerprint density at radius 3 is 2.80 bits per heavy atom. The molecule has 4 heteroatoms. The van der Waals surface area contributed by atoms with Crippen molar-refractivity contribution in [1.82, 2.24) is 10.2 Å². The normalized spacial score (nSPS) is 24.3. The Morgan fingerprint density at radius 2 is 2.20 bits per heavy atom. The molecule has 0 radical (unpaired) electrons. The summed E-state index contributed by atoms with van der Waals surface area (Å²) >= 11 is 5.75. The van der Waals surface area contributed by atoms with Crippen molar-refractivity contribution in [2.45, 2.75) is 45.8 Å². The van der Waals surface area contributed by atoms with Gasteiger partial charge in [0.05, 0.1) is 5.02 Å². The lowest BCUT2D eigenvalue weighted by Crippen LogP contribution is -2.57. The van der Waals surface area contributed by atoms with Gasteiger partial charge in [0.25, 0.3) is 0 Å². The smallest absolute Gasteiger partial charge is 0.142 e. The first kappa shape index (κ1) is 15.7. The molecule has 0 saturated carbocycles. The molecule has 2 unspecified atom stereocenters. The van der Waals surface area contributed by atoms with E-state index in [9.17, 15) is 4.39 Å². The molecule has 112 valence electrons. The molecule has 1 aromatic carbocycles. The van der Waals surface area contributed by atoms with Gasteiger partial charge in [0.1, 0.15) is 5.82 Å². The average molecular weight is 299 g/mol. The van der Waals surface area contributed by atoms with Crippen LogP contribution in [0.4, 0.5) is 4.39 Å². The van der Waals surface area contributed by atoms with Crippen molar-refractivity contribution in [2.24, 2.45) is 5.92 Å². The SMILES string of the molecule is CCC1CNC(C(C)C)CN1Cc1ccc(Cl)c(F)c1. The van der Waals surface area contributed by atoms with Gasteiger partial charge in [-0.15, -0.1) is 0 Å². The fourth-order valence-corrected chi connectivity index (χ4v) is 2.92. The molecule has 0 aromatic heterocycles. The van der Waals surface area contributed by atoms with Crippen LogP contribution in [-0.2, 0) is 6.54 Å². The van der Waals surface area contributed by atoms with Crippen molar-refractivity contribution < 1.29 is 4.39 Å². The maximum Gasteiger partial charge on any atom is 0.142 e. The van der Waals surface area contributed by atoms with Crippen LogP contribution in [0.15, 0.2) is 18.2 Å². The predicted molar refractivity (Wildman–Crippen MR) is 82.5 cm³/mol. The third-order valence-electron chi connectivity index (χ3n) is 4.21. The molecule has 20 heavy (non-hydrogen) atoms. The molecule has 1 aromatic rings. The van der Waals surface area contributed by atoms with E-state index in [-0.39, 0.29) is 10.8 Å². The Balaban J connectivity index is 2.09. The fraction of sp³-hybridized carbons (Fsp3) is 0.625. The summed E-state index contributed by atoms with van der Waals surface area (Å²) in [4.78, 5) is 2.46. The Morgan fingerprint density at radius 1 is 1.45 bits per heavy atom. The quantitative estimate of drug-likeness (QED) is 0.912. The number of benzene rings is 1. The van der Waals surface area contributed by atoms with Crippen molar-refractivity contribution in [3.8, 4) is 0 Å². The van der Waals surface area contributed by atoms with E-state index in [1.807, 2.05) is 6.07 Å². The summed E-state index contributed by atoms with van der Waals surface area (Å²) in [5.41, 5.74) is 0.995. The van der Waals surface area contributed by atoms with E-state index in [1.165, 1.54) is 0 Å². The number of piperazine rings is 1. The van der Waals surface area contributed by atoms with Gasteiger partial charge in [0.15, 0.2) is 0 Å². The molecule has 0 aliphatic carbocycles. The van der Waals surface area contributed by atoms with Crippen LogP contribution in [0, 0.1) is 11.7 Å². The molecule has 1 aliphatic rings. The first-order valence-electron chi connectivity index (χ1n) is 7.42. The highest BCUT2D eigenvalue weighted by molar-refractivity contribution is 6.30. The summed E-state index contributed by atoms with van der Waals surface area (Å²) in [6.07, 6.45) is 1.11. The largest absolute Gasteiger partial charge is 0.311 e. The van der Waals surface area contributed by atoms with Gasteiger partial charge in [-0.25, -0.2) is 4.39 Å². The van der Waals surface area contributed by atoms with Gasteiger partial charge in [-0.1, -0.05) is 38.4 Å². The molecule has 2 atom stereocenters. The number of rotatable bonds is 4. The lowest BCUT2D eigenvalue weighted by Gasteiger charge is -2.41. The maximum atomic E-state index is 13.6. The zero-order valence-electron chi connectivity index (χ0n) is 12.5. The van der Waals surface area contributed by atoms with Gasteiger partial charge >= 0.3 is 0 Å². The Labute approximate surface area is 126 Å². The molecule has 0 bridgehead atoms.